The summed E-state index contributed by atoms with van der Waals surface area (Å²) in [6.45, 7) is 4.01. The van der Waals surface area contributed by atoms with Crippen LogP contribution in [0, 0.1) is 5.41 Å². The molecule has 1 N–H and O–H groups in total. The van der Waals surface area contributed by atoms with Crippen LogP contribution in [-0.2, 0) is 4.74 Å². The number of rotatable bonds is 3. The summed E-state index contributed by atoms with van der Waals surface area (Å²) in [5, 5.41) is 10.2. The third kappa shape index (κ3) is 2.61. The second-order valence-corrected chi connectivity index (χ2v) is 7.54. The number of aliphatic hydroxyl groups excluding tert-OH is 1. The van der Waals surface area contributed by atoms with Crippen molar-refractivity contribution >= 4 is 28.8 Å². The van der Waals surface area contributed by atoms with Gasteiger partial charge in [0, 0.05) is 31.5 Å². The van der Waals surface area contributed by atoms with E-state index < -0.39 is 0 Å². The van der Waals surface area contributed by atoms with Crippen LogP contribution in [0.25, 0.3) is 0 Å². The molecule has 116 valence electrons. The SMILES string of the molecule is CCOC1CC(O)C12CCN(C(=O)c1ccc(Cl)s1)CC2. The molecule has 1 aromatic heterocycles. The van der Waals surface area contributed by atoms with E-state index in [1.807, 2.05) is 11.8 Å². The highest BCUT2D eigenvalue weighted by Gasteiger charge is 2.56. The zero-order chi connectivity index (χ0) is 15.0. The van der Waals surface area contributed by atoms with Gasteiger partial charge in [0.2, 0.25) is 0 Å². The topological polar surface area (TPSA) is 49.8 Å². The number of carbonyl (C=O) groups excluding carboxylic acids is 1. The van der Waals surface area contributed by atoms with Crippen molar-refractivity contribution in [3.8, 4) is 0 Å². The number of ether oxygens (including phenoxy) is 1. The zero-order valence-electron chi connectivity index (χ0n) is 12.0. The van der Waals surface area contributed by atoms with Crippen LogP contribution in [0.3, 0.4) is 0 Å². The summed E-state index contributed by atoms with van der Waals surface area (Å²) < 4.78 is 6.38. The van der Waals surface area contributed by atoms with E-state index in [1.165, 1.54) is 11.3 Å². The molecule has 2 heterocycles. The number of nitrogens with zero attached hydrogens (tertiary/aromatic N) is 1. The average molecular weight is 330 g/mol. The van der Waals surface area contributed by atoms with Crippen LogP contribution in [0.5, 0.6) is 0 Å². The van der Waals surface area contributed by atoms with Crippen molar-refractivity contribution in [3.63, 3.8) is 0 Å². The van der Waals surface area contributed by atoms with Gasteiger partial charge in [-0.1, -0.05) is 11.6 Å². The number of likely N-dealkylation sites (tertiary alicyclic amines) is 1. The van der Waals surface area contributed by atoms with Gasteiger partial charge in [-0.3, -0.25) is 4.79 Å². The lowest BCUT2D eigenvalue weighted by molar-refractivity contribution is -0.207. The number of aliphatic hydroxyl groups is 1. The van der Waals surface area contributed by atoms with Crippen LogP contribution >= 0.6 is 22.9 Å². The molecule has 6 heteroatoms. The molecule has 1 saturated carbocycles. The Hall–Kier alpha value is -0.620. The average Bonchev–Trinajstić information content (AvgIpc) is 2.93. The Bertz CT molecular complexity index is 523. The van der Waals surface area contributed by atoms with Crippen molar-refractivity contribution < 1.29 is 14.6 Å². The first-order valence-corrected chi connectivity index (χ1v) is 8.60. The largest absolute Gasteiger partial charge is 0.392 e. The van der Waals surface area contributed by atoms with Crippen molar-refractivity contribution in [1.29, 1.82) is 0 Å². The lowest BCUT2D eigenvalue weighted by Gasteiger charge is -2.56. The third-order valence-corrected chi connectivity index (χ3v) is 6.09. The third-order valence-electron chi connectivity index (χ3n) is 4.88. The molecule has 2 fully saturated rings. The van der Waals surface area contributed by atoms with E-state index in [2.05, 4.69) is 0 Å². The first-order valence-electron chi connectivity index (χ1n) is 7.41. The van der Waals surface area contributed by atoms with Gasteiger partial charge in [0.25, 0.3) is 5.91 Å². The monoisotopic (exact) mass is 329 g/mol. The Labute approximate surface area is 133 Å². The Balaban J connectivity index is 1.63. The predicted octanol–water partition coefficient (Wildman–Crippen LogP) is 2.79. The molecule has 2 atom stereocenters. The maximum Gasteiger partial charge on any atom is 0.263 e. The molecule has 1 amide bonds. The molecule has 1 aliphatic heterocycles. The first-order chi connectivity index (χ1) is 10.1. The normalized spacial score (nSPS) is 27.7. The molecule has 21 heavy (non-hydrogen) atoms. The van der Waals surface area contributed by atoms with E-state index in [4.69, 9.17) is 16.3 Å². The molecule has 1 spiro atoms. The molecular formula is C15H20ClNO3S. The molecule has 2 unspecified atom stereocenters. The van der Waals surface area contributed by atoms with Crippen molar-refractivity contribution in [2.45, 2.75) is 38.4 Å². The summed E-state index contributed by atoms with van der Waals surface area (Å²) in [5.74, 6) is 0.0449. The Morgan fingerprint density at radius 3 is 2.76 bits per heavy atom. The highest BCUT2D eigenvalue weighted by atomic mass is 35.5. The van der Waals surface area contributed by atoms with Gasteiger partial charge in [0.1, 0.15) is 0 Å². The molecule has 4 nitrogen and oxygen atoms in total. The highest BCUT2D eigenvalue weighted by molar-refractivity contribution is 7.17. The number of hydrogen-bond donors (Lipinski definition) is 1. The van der Waals surface area contributed by atoms with Gasteiger partial charge in [-0.15, -0.1) is 11.3 Å². The number of piperidine rings is 1. The maximum absolute atomic E-state index is 12.4. The van der Waals surface area contributed by atoms with Gasteiger partial charge >= 0.3 is 0 Å². The van der Waals surface area contributed by atoms with E-state index in [0.717, 1.165) is 19.3 Å². The van der Waals surface area contributed by atoms with Gasteiger partial charge in [0.15, 0.2) is 0 Å². The summed E-state index contributed by atoms with van der Waals surface area (Å²) in [7, 11) is 0. The molecule has 0 aromatic carbocycles. The van der Waals surface area contributed by atoms with Crippen LogP contribution in [-0.4, -0.2) is 47.8 Å². The quantitative estimate of drug-likeness (QED) is 0.927. The second kappa shape index (κ2) is 5.88. The summed E-state index contributed by atoms with van der Waals surface area (Å²) in [4.78, 5) is 15.0. The summed E-state index contributed by atoms with van der Waals surface area (Å²) >= 11 is 7.21. The van der Waals surface area contributed by atoms with Gasteiger partial charge in [-0.2, -0.15) is 0 Å². The second-order valence-electron chi connectivity index (χ2n) is 5.82. The summed E-state index contributed by atoms with van der Waals surface area (Å²) in [5.41, 5.74) is -0.139. The van der Waals surface area contributed by atoms with Crippen LogP contribution in [0.2, 0.25) is 4.34 Å². The molecule has 3 rings (SSSR count). The number of halogens is 1. The lowest BCUT2D eigenvalue weighted by atomic mass is 9.58. The molecule has 2 aliphatic rings. The van der Waals surface area contributed by atoms with Crippen molar-refractivity contribution in [2.24, 2.45) is 5.41 Å². The van der Waals surface area contributed by atoms with Crippen molar-refractivity contribution in [3.05, 3.63) is 21.3 Å². The number of hydrogen-bond acceptors (Lipinski definition) is 4. The molecular weight excluding hydrogens is 310 g/mol. The van der Waals surface area contributed by atoms with E-state index in [1.54, 1.807) is 12.1 Å². The van der Waals surface area contributed by atoms with Crippen LogP contribution in [0.4, 0.5) is 0 Å². The van der Waals surface area contributed by atoms with E-state index >= 15 is 0 Å². The van der Waals surface area contributed by atoms with Gasteiger partial charge < -0.3 is 14.7 Å². The zero-order valence-corrected chi connectivity index (χ0v) is 13.6. The van der Waals surface area contributed by atoms with Crippen molar-refractivity contribution in [2.75, 3.05) is 19.7 Å². The fourth-order valence-corrected chi connectivity index (χ4v) is 4.54. The van der Waals surface area contributed by atoms with Crippen LogP contribution in [0.1, 0.15) is 35.9 Å². The van der Waals surface area contributed by atoms with Gasteiger partial charge in [-0.05, 0) is 31.9 Å². The highest BCUT2D eigenvalue weighted by Crippen LogP contribution is 2.51. The summed E-state index contributed by atoms with van der Waals surface area (Å²) in [6, 6.07) is 3.53. The molecule has 1 saturated heterocycles. The van der Waals surface area contributed by atoms with Crippen molar-refractivity contribution in [1.82, 2.24) is 4.90 Å². The predicted molar refractivity (Wildman–Crippen MR) is 82.9 cm³/mol. The molecule has 1 aromatic rings. The fourth-order valence-electron chi connectivity index (χ4n) is 3.53. The molecule has 0 radical (unpaired) electrons. The molecule has 0 bridgehead atoms. The standard InChI is InChI=1S/C15H20ClNO3S/c1-2-20-12-9-11(18)15(12)5-7-17(8-6-15)14(19)10-3-4-13(16)21-10/h3-4,11-12,18H,2,5-9H2,1H3. The Morgan fingerprint density at radius 2 is 2.24 bits per heavy atom. The Morgan fingerprint density at radius 1 is 1.52 bits per heavy atom. The minimum Gasteiger partial charge on any atom is -0.392 e. The smallest absolute Gasteiger partial charge is 0.263 e. The number of thiophene rings is 1. The van der Waals surface area contributed by atoms with Gasteiger partial charge in [0.05, 0.1) is 21.4 Å². The number of amides is 1. The van der Waals surface area contributed by atoms with E-state index in [9.17, 15) is 9.90 Å². The van der Waals surface area contributed by atoms with E-state index in [-0.39, 0.29) is 23.5 Å². The minimum absolute atomic E-state index is 0.0449. The lowest BCUT2D eigenvalue weighted by Crippen LogP contribution is -2.62. The van der Waals surface area contributed by atoms with Crippen LogP contribution in [0.15, 0.2) is 12.1 Å². The maximum atomic E-state index is 12.4. The Kier molecular flexibility index (Phi) is 4.28. The van der Waals surface area contributed by atoms with Crippen LogP contribution < -0.4 is 0 Å². The van der Waals surface area contributed by atoms with E-state index in [0.29, 0.717) is 28.9 Å². The fraction of sp³-hybridized carbons (Fsp3) is 0.667. The summed E-state index contributed by atoms with van der Waals surface area (Å²) in [6.07, 6.45) is 2.20. The minimum atomic E-state index is -0.289. The van der Waals surface area contributed by atoms with Gasteiger partial charge in [-0.25, -0.2) is 0 Å². The number of carbonyl (C=O) groups is 1. The first kappa shape index (κ1) is 15.3. The molecule has 1 aliphatic carbocycles.